The Morgan fingerprint density at radius 3 is 2.40 bits per heavy atom. The van der Waals surface area contributed by atoms with Gasteiger partial charge in [0.1, 0.15) is 0 Å². The highest BCUT2D eigenvalue weighted by Gasteiger charge is 2.28. The van der Waals surface area contributed by atoms with Crippen LogP contribution in [0.25, 0.3) is 0 Å². The Morgan fingerprint density at radius 1 is 1.15 bits per heavy atom. The van der Waals surface area contributed by atoms with Gasteiger partial charge in [-0.25, -0.2) is 0 Å². The molecule has 0 spiro atoms. The van der Waals surface area contributed by atoms with Gasteiger partial charge in [-0.15, -0.1) is 0 Å². The van der Waals surface area contributed by atoms with E-state index in [0.29, 0.717) is 5.41 Å². The monoisotopic (exact) mass is 284 g/mol. The molecule has 3 heteroatoms. The average Bonchev–Trinajstić information content (AvgIpc) is 2.62. The molecule has 2 unspecified atom stereocenters. The molecule has 3 nitrogen and oxygen atoms in total. The third kappa shape index (κ3) is 5.71. The van der Waals surface area contributed by atoms with Gasteiger partial charge in [0.2, 0.25) is 0 Å². The Labute approximate surface area is 126 Å². The maximum atomic E-state index is 9.57. The summed E-state index contributed by atoms with van der Waals surface area (Å²) in [5, 5.41) is 13.0. The highest BCUT2D eigenvalue weighted by Crippen LogP contribution is 2.34. The van der Waals surface area contributed by atoms with Gasteiger partial charge in [-0.1, -0.05) is 27.7 Å². The summed E-state index contributed by atoms with van der Waals surface area (Å²) in [6.45, 7) is 16.0. The minimum Gasteiger partial charge on any atom is -0.394 e. The molecule has 1 heterocycles. The fourth-order valence-corrected chi connectivity index (χ4v) is 3.30. The first-order chi connectivity index (χ1) is 9.30. The highest BCUT2D eigenvalue weighted by molar-refractivity contribution is 4.84. The lowest BCUT2D eigenvalue weighted by molar-refractivity contribution is 0.145. The minimum absolute atomic E-state index is 0.121. The van der Waals surface area contributed by atoms with E-state index < -0.39 is 0 Å². The van der Waals surface area contributed by atoms with E-state index in [-0.39, 0.29) is 12.1 Å². The zero-order valence-electron chi connectivity index (χ0n) is 14.3. The van der Waals surface area contributed by atoms with E-state index in [1.54, 1.807) is 0 Å². The van der Waals surface area contributed by atoms with Crippen LogP contribution in [0.3, 0.4) is 0 Å². The molecular formula is C17H36N2O. The van der Waals surface area contributed by atoms with Gasteiger partial charge < -0.3 is 15.3 Å². The molecule has 0 bridgehead atoms. The fourth-order valence-electron chi connectivity index (χ4n) is 3.30. The Bertz CT molecular complexity index is 275. The van der Waals surface area contributed by atoms with E-state index in [2.05, 4.69) is 44.8 Å². The quantitative estimate of drug-likeness (QED) is 0.787. The molecule has 1 aliphatic heterocycles. The fraction of sp³-hybridized carbons (Fsp3) is 1.00. The SMILES string of the molecule is CCNC(C)(CO)CCN1CCCC(C(C)(C)C)CC1. The van der Waals surface area contributed by atoms with Crippen molar-refractivity contribution in [2.45, 2.75) is 65.8 Å². The molecule has 0 saturated carbocycles. The van der Waals surface area contributed by atoms with Crippen molar-refractivity contribution in [3.05, 3.63) is 0 Å². The van der Waals surface area contributed by atoms with Crippen LogP contribution in [0.5, 0.6) is 0 Å². The summed E-state index contributed by atoms with van der Waals surface area (Å²) in [5.41, 5.74) is 0.323. The van der Waals surface area contributed by atoms with Gasteiger partial charge >= 0.3 is 0 Å². The van der Waals surface area contributed by atoms with Crippen LogP contribution >= 0.6 is 0 Å². The Hall–Kier alpha value is -0.120. The van der Waals surface area contributed by atoms with Crippen molar-refractivity contribution in [3.63, 3.8) is 0 Å². The molecule has 0 aliphatic carbocycles. The van der Waals surface area contributed by atoms with Crippen molar-refractivity contribution >= 4 is 0 Å². The predicted molar refractivity (Wildman–Crippen MR) is 87.0 cm³/mol. The Kier molecular flexibility index (Phi) is 6.96. The van der Waals surface area contributed by atoms with E-state index in [1.807, 2.05) is 0 Å². The lowest BCUT2D eigenvalue weighted by Gasteiger charge is -2.32. The lowest BCUT2D eigenvalue weighted by Crippen LogP contribution is -2.48. The maximum Gasteiger partial charge on any atom is 0.0611 e. The number of nitrogens with one attached hydrogen (secondary N) is 1. The molecule has 1 saturated heterocycles. The number of rotatable bonds is 6. The van der Waals surface area contributed by atoms with Crippen LogP contribution in [0.1, 0.15) is 60.3 Å². The summed E-state index contributed by atoms with van der Waals surface area (Å²) in [6.07, 6.45) is 5.03. The summed E-state index contributed by atoms with van der Waals surface area (Å²) < 4.78 is 0. The standard InChI is InChI=1S/C17H36N2O/c1-6-18-17(5,14-20)10-13-19-11-7-8-15(9-12-19)16(2,3)4/h15,18,20H,6-14H2,1-5H3. The van der Waals surface area contributed by atoms with Gasteiger partial charge in [-0.05, 0) is 70.1 Å². The first-order valence-corrected chi connectivity index (χ1v) is 8.39. The summed E-state index contributed by atoms with van der Waals surface area (Å²) >= 11 is 0. The van der Waals surface area contributed by atoms with Crippen LogP contribution in [0.4, 0.5) is 0 Å². The molecule has 20 heavy (non-hydrogen) atoms. The second kappa shape index (κ2) is 7.77. The normalized spacial score (nSPS) is 25.2. The van der Waals surface area contributed by atoms with Gasteiger partial charge in [0.15, 0.2) is 0 Å². The second-order valence-electron chi connectivity index (χ2n) is 7.83. The molecule has 0 aromatic carbocycles. The summed E-state index contributed by atoms with van der Waals surface area (Å²) in [6, 6.07) is 0. The molecule has 0 aromatic heterocycles. The Balaban J connectivity index is 2.42. The van der Waals surface area contributed by atoms with Gasteiger partial charge in [0.05, 0.1) is 6.61 Å². The number of hydrogen-bond donors (Lipinski definition) is 2. The van der Waals surface area contributed by atoms with Crippen LogP contribution in [0.2, 0.25) is 0 Å². The molecule has 0 aromatic rings. The molecule has 2 N–H and O–H groups in total. The third-order valence-electron chi connectivity index (χ3n) is 4.98. The summed E-state index contributed by atoms with van der Waals surface area (Å²) in [4.78, 5) is 2.59. The van der Waals surface area contributed by atoms with E-state index in [4.69, 9.17) is 0 Å². The van der Waals surface area contributed by atoms with E-state index in [9.17, 15) is 5.11 Å². The minimum atomic E-state index is -0.121. The lowest BCUT2D eigenvalue weighted by atomic mass is 9.77. The van der Waals surface area contributed by atoms with Crippen molar-refractivity contribution in [2.75, 3.05) is 32.8 Å². The van der Waals surface area contributed by atoms with Crippen LogP contribution in [0, 0.1) is 11.3 Å². The second-order valence-corrected chi connectivity index (χ2v) is 7.83. The molecule has 1 aliphatic rings. The number of aliphatic hydroxyl groups excluding tert-OH is 1. The maximum absolute atomic E-state index is 9.57. The van der Waals surface area contributed by atoms with Gasteiger partial charge in [0, 0.05) is 5.54 Å². The number of likely N-dealkylation sites (tertiary alicyclic amines) is 1. The van der Waals surface area contributed by atoms with Gasteiger partial charge in [-0.3, -0.25) is 0 Å². The summed E-state index contributed by atoms with van der Waals surface area (Å²) in [5.74, 6) is 0.852. The smallest absolute Gasteiger partial charge is 0.0611 e. The first kappa shape index (κ1) is 17.9. The topological polar surface area (TPSA) is 35.5 Å². The number of likely N-dealkylation sites (N-methyl/N-ethyl adjacent to an activating group) is 1. The molecule has 1 fully saturated rings. The molecule has 0 amide bonds. The van der Waals surface area contributed by atoms with Crippen molar-refractivity contribution in [1.29, 1.82) is 0 Å². The predicted octanol–water partition coefficient (Wildman–Crippen LogP) is 2.89. The van der Waals surface area contributed by atoms with Crippen molar-refractivity contribution in [2.24, 2.45) is 11.3 Å². The highest BCUT2D eigenvalue weighted by atomic mass is 16.3. The van der Waals surface area contributed by atoms with Crippen LogP contribution in [-0.4, -0.2) is 48.3 Å². The average molecular weight is 284 g/mol. The van der Waals surface area contributed by atoms with E-state index in [0.717, 1.165) is 25.4 Å². The zero-order valence-corrected chi connectivity index (χ0v) is 14.3. The zero-order chi connectivity index (χ0) is 15.2. The van der Waals surface area contributed by atoms with Crippen molar-refractivity contribution in [3.8, 4) is 0 Å². The number of nitrogens with zero attached hydrogens (tertiary/aromatic N) is 1. The van der Waals surface area contributed by atoms with Gasteiger partial charge in [-0.2, -0.15) is 0 Å². The van der Waals surface area contributed by atoms with Crippen molar-refractivity contribution in [1.82, 2.24) is 10.2 Å². The molecular weight excluding hydrogens is 248 g/mol. The number of aliphatic hydroxyl groups is 1. The van der Waals surface area contributed by atoms with Crippen LogP contribution in [-0.2, 0) is 0 Å². The first-order valence-electron chi connectivity index (χ1n) is 8.39. The number of hydrogen-bond acceptors (Lipinski definition) is 3. The molecule has 1 rings (SSSR count). The van der Waals surface area contributed by atoms with Crippen LogP contribution < -0.4 is 5.32 Å². The molecule has 0 radical (unpaired) electrons. The molecule has 120 valence electrons. The van der Waals surface area contributed by atoms with Crippen LogP contribution in [0.15, 0.2) is 0 Å². The largest absolute Gasteiger partial charge is 0.394 e. The van der Waals surface area contributed by atoms with Crippen molar-refractivity contribution < 1.29 is 5.11 Å². The van der Waals surface area contributed by atoms with E-state index >= 15 is 0 Å². The van der Waals surface area contributed by atoms with Gasteiger partial charge in [0.25, 0.3) is 0 Å². The third-order valence-corrected chi connectivity index (χ3v) is 4.98. The summed E-state index contributed by atoms with van der Waals surface area (Å²) in [7, 11) is 0. The Morgan fingerprint density at radius 2 is 1.85 bits per heavy atom. The van der Waals surface area contributed by atoms with E-state index in [1.165, 1.54) is 32.4 Å². The molecule has 2 atom stereocenters.